The summed E-state index contributed by atoms with van der Waals surface area (Å²) in [5.74, 6) is -0.620. The number of allylic oxidation sites excluding steroid dienone is 1. The van der Waals surface area contributed by atoms with Gasteiger partial charge in [-0.1, -0.05) is 35.6 Å². The van der Waals surface area contributed by atoms with Gasteiger partial charge in [-0.15, -0.1) is 0 Å². The Hall–Kier alpha value is -3.98. The number of esters is 2. The van der Waals surface area contributed by atoms with Gasteiger partial charge >= 0.3 is 11.9 Å². The van der Waals surface area contributed by atoms with Crippen molar-refractivity contribution in [3.8, 4) is 5.75 Å². The van der Waals surface area contributed by atoms with Crippen molar-refractivity contribution >= 4 is 35.0 Å². The van der Waals surface area contributed by atoms with Crippen molar-refractivity contribution in [3.63, 3.8) is 0 Å². The number of ether oxygens (including phenoxy) is 2. The van der Waals surface area contributed by atoms with Crippen LogP contribution >= 0.6 is 11.3 Å². The molecule has 0 spiro atoms. The van der Waals surface area contributed by atoms with Crippen molar-refractivity contribution < 1.29 is 19.1 Å². The molecule has 1 atom stereocenters. The van der Waals surface area contributed by atoms with Crippen LogP contribution in [-0.2, 0) is 14.3 Å². The summed E-state index contributed by atoms with van der Waals surface area (Å²) in [6.07, 6.45) is 1.84. The minimum Gasteiger partial charge on any atom is -0.466 e. The number of carbonyl (C=O) groups excluding carboxylic acids is 2. The average molecular weight is 520 g/mol. The van der Waals surface area contributed by atoms with Crippen LogP contribution in [0.1, 0.15) is 44.9 Å². The average Bonchev–Trinajstić information content (AvgIpc) is 3.18. The number of anilines is 1. The van der Waals surface area contributed by atoms with Crippen molar-refractivity contribution in [2.24, 2.45) is 4.99 Å². The third-order valence-corrected chi connectivity index (χ3v) is 7.19. The number of aromatic nitrogens is 1. The summed E-state index contributed by atoms with van der Waals surface area (Å²) in [5, 5.41) is 0. The lowest BCUT2D eigenvalue weighted by molar-refractivity contribution is -0.136. The second-order valence-electron chi connectivity index (χ2n) is 8.50. The molecule has 2 heterocycles. The molecule has 8 nitrogen and oxygen atoms in total. The van der Waals surface area contributed by atoms with Crippen molar-refractivity contribution in [3.05, 3.63) is 90.6 Å². The molecule has 3 aromatic rings. The SMILES string of the molecule is CCN(CC)c1ccc(C=c2sc3n(c2=O)[C@@H](c2ccc(OC(C)=O)cc2)C(C(=O)OC)=C(C)N=3)cc1. The molecule has 2 aromatic carbocycles. The van der Waals surface area contributed by atoms with E-state index in [1.807, 2.05) is 30.3 Å². The molecule has 1 aliphatic heterocycles. The van der Waals surface area contributed by atoms with E-state index in [-0.39, 0.29) is 11.1 Å². The van der Waals surface area contributed by atoms with Gasteiger partial charge in [0.15, 0.2) is 4.80 Å². The van der Waals surface area contributed by atoms with Gasteiger partial charge in [-0.3, -0.25) is 14.2 Å². The Morgan fingerprint density at radius 1 is 1.08 bits per heavy atom. The molecular formula is C28H29N3O5S. The fraction of sp³-hybridized carbons (Fsp3) is 0.286. The van der Waals surface area contributed by atoms with E-state index in [1.54, 1.807) is 31.2 Å². The Labute approximate surface area is 218 Å². The lowest BCUT2D eigenvalue weighted by atomic mass is 9.96. The number of rotatable bonds is 7. The van der Waals surface area contributed by atoms with Gasteiger partial charge in [0, 0.05) is 25.7 Å². The molecule has 0 saturated heterocycles. The molecule has 0 radical (unpaired) electrons. The van der Waals surface area contributed by atoms with Crippen LogP contribution in [0.25, 0.3) is 6.08 Å². The predicted octanol–water partition coefficient (Wildman–Crippen LogP) is 3.18. The molecule has 1 aliphatic rings. The first-order valence-electron chi connectivity index (χ1n) is 12.0. The molecule has 192 valence electrons. The molecule has 1 aromatic heterocycles. The van der Waals surface area contributed by atoms with Crippen LogP contribution in [0.3, 0.4) is 0 Å². The van der Waals surface area contributed by atoms with E-state index in [2.05, 4.69) is 23.7 Å². The first-order chi connectivity index (χ1) is 17.8. The highest BCUT2D eigenvalue weighted by molar-refractivity contribution is 7.07. The molecule has 0 aliphatic carbocycles. The zero-order valence-electron chi connectivity index (χ0n) is 21.5. The number of hydrogen-bond acceptors (Lipinski definition) is 8. The van der Waals surface area contributed by atoms with Crippen molar-refractivity contribution in [2.75, 3.05) is 25.1 Å². The van der Waals surface area contributed by atoms with Crippen LogP contribution in [0.5, 0.6) is 5.75 Å². The van der Waals surface area contributed by atoms with Gasteiger partial charge < -0.3 is 14.4 Å². The van der Waals surface area contributed by atoms with Gasteiger partial charge in [0.2, 0.25) is 0 Å². The first-order valence-corrected chi connectivity index (χ1v) is 12.8. The maximum Gasteiger partial charge on any atom is 0.338 e. The summed E-state index contributed by atoms with van der Waals surface area (Å²) in [6.45, 7) is 9.11. The van der Waals surface area contributed by atoms with Crippen molar-refractivity contribution in [2.45, 2.75) is 33.7 Å². The van der Waals surface area contributed by atoms with E-state index >= 15 is 0 Å². The minimum absolute atomic E-state index is 0.250. The summed E-state index contributed by atoms with van der Waals surface area (Å²) in [7, 11) is 1.30. The Kier molecular flexibility index (Phi) is 7.73. The van der Waals surface area contributed by atoms with Crippen LogP contribution < -0.4 is 24.5 Å². The van der Waals surface area contributed by atoms with E-state index in [0.717, 1.165) is 24.3 Å². The van der Waals surface area contributed by atoms with Crippen molar-refractivity contribution in [1.82, 2.24) is 4.57 Å². The van der Waals surface area contributed by atoms with E-state index in [4.69, 9.17) is 9.47 Å². The highest BCUT2D eigenvalue weighted by Crippen LogP contribution is 2.31. The molecular weight excluding hydrogens is 490 g/mol. The maximum atomic E-state index is 13.7. The molecule has 0 amide bonds. The van der Waals surface area contributed by atoms with Crippen LogP contribution in [0.4, 0.5) is 5.69 Å². The molecule has 0 saturated carbocycles. The van der Waals surface area contributed by atoms with Crippen molar-refractivity contribution in [1.29, 1.82) is 0 Å². The summed E-state index contributed by atoms with van der Waals surface area (Å²) in [6, 6.07) is 14.1. The van der Waals surface area contributed by atoms with E-state index in [9.17, 15) is 14.4 Å². The second kappa shape index (κ2) is 11.0. The smallest absolute Gasteiger partial charge is 0.338 e. The van der Waals surface area contributed by atoms with Gasteiger partial charge in [0.1, 0.15) is 5.75 Å². The topological polar surface area (TPSA) is 90.2 Å². The molecule has 0 fully saturated rings. The summed E-state index contributed by atoms with van der Waals surface area (Å²) < 4.78 is 12.2. The third kappa shape index (κ3) is 5.27. The molecule has 0 bridgehead atoms. The normalized spacial score (nSPS) is 15.2. The molecule has 9 heteroatoms. The third-order valence-electron chi connectivity index (χ3n) is 6.20. The Morgan fingerprint density at radius 3 is 2.30 bits per heavy atom. The fourth-order valence-electron chi connectivity index (χ4n) is 4.41. The number of carbonyl (C=O) groups is 2. The van der Waals surface area contributed by atoms with Crippen LogP contribution in [0, 0.1) is 0 Å². The van der Waals surface area contributed by atoms with Gasteiger partial charge in [-0.05, 0) is 62.2 Å². The van der Waals surface area contributed by atoms with Gasteiger partial charge in [-0.25, -0.2) is 9.79 Å². The first kappa shape index (κ1) is 26.1. The standard InChI is InChI=1S/C28H29N3O5S/c1-6-30(7-2)21-12-8-19(9-13-21)16-23-26(33)31-25(20-10-14-22(15-11-20)36-18(4)32)24(27(34)35-5)17(3)29-28(31)37-23/h8-16,25H,6-7H2,1-5H3/t25-/m0/s1. The summed E-state index contributed by atoms with van der Waals surface area (Å²) in [5.41, 5.74) is 3.20. The molecule has 37 heavy (non-hydrogen) atoms. The Bertz CT molecular complexity index is 1530. The number of benzene rings is 2. The van der Waals surface area contributed by atoms with E-state index < -0.39 is 18.0 Å². The number of methoxy groups -OCH3 is 1. The van der Waals surface area contributed by atoms with E-state index in [0.29, 0.717) is 26.3 Å². The zero-order valence-corrected chi connectivity index (χ0v) is 22.3. The van der Waals surface area contributed by atoms with Gasteiger partial charge in [0.25, 0.3) is 5.56 Å². The highest BCUT2D eigenvalue weighted by Gasteiger charge is 2.33. The number of thiazole rings is 1. The lowest BCUT2D eigenvalue weighted by Gasteiger charge is -2.24. The van der Waals surface area contributed by atoms with Gasteiger partial charge in [0.05, 0.1) is 29.0 Å². The highest BCUT2D eigenvalue weighted by atomic mass is 32.1. The number of fused-ring (bicyclic) bond motifs is 1. The minimum atomic E-state index is -0.734. The fourth-order valence-corrected chi connectivity index (χ4v) is 5.46. The summed E-state index contributed by atoms with van der Waals surface area (Å²) in [4.78, 5) is 45.1. The summed E-state index contributed by atoms with van der Waals surface area (Å²) >= 11 is 1.27. The Balaban J connectivity index is 1.83. The Morgan fingerprint density at radius 2 is 1.73 bits per heavy atom. The lowest BCUT2D eigenvalue weighted by Crippen LogP contribution is -2.39. The quantitative estimate of drug-likeness (QED) is 0.352. The zero-order chi connectivity index (χ0) is 26.7. The van der Waals surface area contributed by atoms with Gasteiger partial charge in [-0.2, -0.15) is 0 Å². The molecule has 0 N–H and O–H groups in total. The maximum absolute atomic E-state index is 13.7. The van der Waals surface area contributed by atoms with Crippen LogP contribution in [0.15, 0.2) is 69.6 Å². The molecule has 4 rings (SSSR count). The largest absolute Gasteiger partial charge is 0.466 e. The van der Waals surface area contributed by atoms with E-state index in [1.165, 1.54) is 29.9 Å². The molecule has 0 unspecified atom stereocenters. The van der Waals surface area contributed by atoms with Crippen LogP contribution in [-0.4, -0.2) is 36.7 Å². The number of nitrogens with zero attached hydrogens (tertiary/aromatic N) is 3. The van der Waals surface area contributed by atoms with Crippen LogP contribution in [0.2, 0.25) is 0 Å². The monoisotopic (exact) mass is 519 g/mol. The predicted molar refractivity (Wildman–Crippen MR) is 144 cm³/mol. The second-order valence-corrected chi connectivity index (χ2v) is 9.51. The number of hydrogen-bond donors (Lipinski definition) is 0.